The molecule has 34 heavy (non-hydrogen) atoms. The van der Waals surface area contributed by atoms with Crippen LogP contribution in [0.15, 0.2) is 6.07 Å². The Labute approximate surface area is 200 Å². The molecule has 0 aromatic heterocycles. The van der Waals surface area contributed by atoms with Gasteiger partial charge in [-0.2, -0.15) is 0 Å². The second-order valence-electron chi connectivity index (χ2n) is 12.0. The molecule has 1 aromatic rings. The number of ether oxygens (including phenoxy) is 3. The van der Waals surface area contributed by atoms with Crippen LogP contribution < -0.4 is 4.74 Å². The standard InChI is InChI=1S/C27H36O7/c1-13-9-16-15-10-20-26(5)8-7-22(33-14(2)28)25(3,4)19(26)12-21(30)27(20,6)34-18(15)11-17(29)23(16)24(31)32-13/h11,13,19-22,29-30H,7-10,12H2,1-6H3/t13-,19+,20+,21+,22+,26+,27-/m1/s1. The maximum atomic E-state index is 12.6. The van der Waals surface area contributed by atoms with Crippen LogP contribution in [-0.2, 0) is 27.1 Å². The third-order valence-electron chi connectivity index (χ3n) is 9.62. The molecule has 2 saturated carbocycles. The molecular weight excluding hydrogens is 436 g/mol. The van der Waals surface area contributed by atoms with Crippen LogP contribution >= 0.6 is 0 Å². The van der Waals surface area contributed by atoms with Gasteiger partial charge >= 0.3 is 11.9 Å². The van der Waals surface area contributed by atoms with E-state index in [0.29, 0.717) is 25.0 Å². The number of hydrogen-bond donors (Lipinski definition) is 2. The van der Waals surface area contributed by atoms with E-state index in [1.165, 1.54) is 13.0 Å². The second-order valence-corrected chi connectivity index (χ2v) is 12.0. The Bertz CT molecular complexity index is 1060. The van der Waals surface area contributed by atoms with Crippen LogP contribution in [0.5, 0.6) is 11.5 Å². The first-order valence-electron chi connectivity index (χ1n) is 12.4. The first kappa shape index (κ1) is 23.5. The summed E-state index contributed by atoms with van der Waals surface area (Å²) in [6.45, 7) is 11.9. The van der Waals surface area contributed by atoms with Gasteiger partial charge in [0, 0.05) is 30.7 Å². The minimum atomic E-state index is -0.829. The molecule has 1 aromatic carbocycles. The number of carbonyl (C=O) groups excluding carboxylic acids is 2. The van der Waals surface area contributed by atoms with E-state index in [1.807, 2.05) is 13.8 Å². The molecule has 2 aliphatic heterocycles. The van der Waals surface area contributed by atoms with Crippen molar-refractivity contribution in [3.05, 3.63) is 22.8 Å². The van der Waals surface area contributed by atoms with Crippen LogP contribution in [0, 0.1) is 22.7 Å². The summed E-state index contributed by atoms with van der Waals surface area (Å²) in [4.78, 5) is 24.4. The van der Waals surface area contributed by atoms with E-state index in [-0.39, 0.29) is 52.2 Å². The van der Waals surface area contributed by atoms with Gasteiger partial charge in [-0.1, -0.05) is 20.8 Å². The maximum Gasteiger partial charge on any atom is 0.342 e. The lowest BCUT2D eigenvalue weighted by atomic mass is 9.43. The van der Waals surface area contributed by atoms with E-state index < -0.39 is 17.7 Å². The minimum absolute atomic E-state index is 0.0132. The number of cyclic esters (lactones) is 1. The van der Waals surface area contributed by atoms with Gasteiger partial charge in [0.05, 0.1) is 6.10 Å². The third kappa shape index (κ3) is 3.11. The van der Waals surface area contributed by atoms with E-state index in [1.54, 1.807) is 0 Å². The van der Waals surface area contributed by atoms with Gasteiger partial charge in [-0.25, -0.2) is 4.79 Å². The van der Waals surface area contributed by atoms with E-state index in [2.05, 4.69) is 20.8 Å². The average Bonchev–Trinajstić information content (AvgIpc) is 2.71. The minimum Gasteiger partial charge on any atom is -0.507 e. The molecule has 7 heteroatoms. The smallest absolute Gasteiger partial charge is 0.342 e. The Kier molecular flexibility index (Phi) is 5.08. The molecule has 0 spiro atoms. The van der Waals surface area contributed by atoms with Gasteiger partial charge < -0.3 is 24.4 Å². The highest BCUT2D eigenvalue weighted by atomic mass is 16.5. The first-order valence-corrected chi connectivity index (χ1v) is 12.4. The largest absolute Gasteiger partial charge is 0.507 e. The highest BCUT2D eigenvalue weighted by Gasteiger charge is 2.66. The lowest BCUT2D eigenvalue weighted by molar-refractivity contribution is -0.235. The Morgan fingerprint density at radius 3 is 2.53 bits per heavy atom. The van der Waals surface area contributed by atoms with Crippen LogP contribution in [0.4, 0.5) is 0 Å². The fraction of sp³-hybridized carbons (Fsp3) is 0.704. The molecule has 2 fully saturated rings. The van der Waals surface area contributed by atoms with E-state index in [4.69, 9.17) is 14.2 Å². The van der Waals surface area contributed by atoms with Crippen molar-refractivity contribution >= 4 is 11.9 Å². The summed E-state index contributed by atoms with van der Waals surface area (Å²) in [7, 11) is 0. The van der Waals surface area contributed by atoms with Gasteiger partial charge in [0.1, 0.15) is 34.9 Å². The Balaban J connectivity index is 1.61. The van der Waals surface area contributed by atoms with Crippen molar-refractivity contribution in [3.63, 3.8) is 0 Å². The average molecular weight is 473 g/mol. The highest BCUT2D eigenvalue weighted by molar-refractivity contribution is 5.96. The van der Waals surface area contributed by atoms with E-state index in [9.17, 15) is 19.8 Å². The van der Waals surface area contributed by atoms with Crippen LogP contribution in [0.1, 0.15) is 82.3 Å². The molecule has 0 saturated heterocycles. The van der Waals surface area contributed by atoms with Crippen LogP contribution in [0.2, 0.25) is 0 Å². The predicted molar refractivity (Wildman–Crippen MR) is 124 cm³/mol. The number of rotatable bonds is 1. The molecular formula is C27H36O7. The maximum absolute atomic E-state index is 12.6. The monoisotopic (exact) mass is 472 g/mol. The zero-order valence-corrected chi connectivity index (χ0v) is 20.9. The van der Waals surface area contributed by atoms with Gasteiger partial charge in [-0.05, 0) is 62.0 Å². The number of benzene rings is 1. The van der Waals surface area contributed by atoms with E-state index in [0.717, 1.165) is 24.0 Å². The molecule has 2 heterocycles. The summed E-state index contributed by atoms with van der Waals surface area (Å²) >= 11 is 0. The van der Waals surface area contributed by atoms with Crippen molar-refractivity contribution < 1.29 is 34.0 Å². The zero-order chi connectivity index (χ0) is 24.8. The van der Waals surface area contributed by atoms with E-state index >= 15 is 0 Å². The summed E-state index contributed by atoms with van der Waals surface area (Å²) in [5.41, 5.74) is 0.665. The number of phenolic OH excluding ortho intramolecular Hbond substituents is 1. The molecule has 7 atom stereocenters. The van der Waals surface area contributed by atoms with Gasteiger partial charge in [-0.3, -0.25) is 4.79 Å². The van der Waals surface area contributed by atoms with Gasteiger partial charge in [0.25, 0.3) is 0 Å². The molecule has 2 aliphatic carbocycles. The van der Waals surface area contributed by atoms with Crippen LogP contribution in [0.25, 0.3) is 0 Å². The molecule has 7 nitrogen and oxygen atoms in total. The fourth-order valence-electron chi connectivity index (χ4n) is 7.90. The quantitative estimate of drug-likeness (QED) is 0.597. The Morgan fingerprint density at radius 1 is 1.15 bits per heavy atom. The number of phenols is 1. The van der Waals surface area contributed by atoms with Crippen molar-refractivity contribution in [1.29, 1.82) is 0 Å². The van der Waals surface area contributed by atoms with Gasteiger partial charge in [-0.15, -0.1) is 0 Å². The number of aliphatic hydroxyl groups excluding tert-OH is 1. The van der Waals surface area contributed by atoms with Gasteiger partial charge in [0.2, 0.25) is 0 Å². The van der Waals surface area contributed by atoms with Crippen molar-refractivity contribution in [1.82, 2.24) is 0 Å². The van der Waals surface area contributed by atoms with Crippen molar-refractivity contribution in [2.45, 2.75) is 97.6 Å². The second kappa shape index (κ2) is 7.36. The van der Waals surface area contributed by atoms with Crippen LogP contribution in [-0.4, -0.2) is 46.1 Å². The lowest BCUT2D eigenvalue weighted by Crippen LogP contribution is -2.69. The zero-order valence-electron chi connectivity index (χ0n) is 20.9. The summed E-state index contributed by atoms with van der Waals surface area (Å²) < 4.78 is 17.7. The number of aliphatic hydroxyl groups is 1. The Hall–Kier alpha value is -2.28. The fourth-order valence-corrected chi connectivity index (χ4v) is 7.90. The molecule has 2 N–H and O–H groups in total. The number of hydrogen-bond acceptors (Lipinski definition) is 7. The number of carbonyl (C=O) groups is 2. The molecule has 0 bridgehead atoms. The SMILES string of the molecule is CC(=O)O[C@H]1CC[C@@]2(C)[C@@H](C[C@H](O)[C@]3(C)Oc4cc(O)c5c(c4C[C@@H]23)C[C@@H](C)OC5=O)C1(C)C. The van der Waals surface area contributed by atoms with Crippen molar-refractivity contribution in [2.75, 3.05) is 0 Å². The summed E-state index contributed by atoms with van der Waals surface area (Å²) in [5.74, 6) is -0.256. The molecule has 186 valence electrons. The molecule has 0 unspecified atom stereocenters. The highest BCUT2D eigenvalue weighted by Crippen LogP contribution is 2.65. The third-order valence-corrected chi connectivity index (χ3v) is 9.62. The molecule has 5 rings (SSSR count). The summed E-state index contributed by atoms with van der Waals surface area (Å²) in [5, 5.41) is 22.1. The topological polar surface area (TPSA) is 102 Å². The first-order chi connectivity index (χ1) is 15.8. The lowest BCUT2D eigenvalue weighted by Gasteiger charge is -2.65. The molecule has 0 amide bonds. The summed E-state index contributed by atoms with van der Waals surface area (Å²) in [6.07, 6.45) is 2.12. The summed E-state index contributed by atoms with van der Waals surface area (Å²) in [6, 6.07) is 1.51. The normalized spacial score (nSPS) is 40.0. The van der Waals surface area contributed by atoms with Gasteiger partial charge in [0.15, 0.2) is 0 Å². The number of esters is 2. The molecule has 0 radical (unpaired) electrons. The van der Waals surface area contributed by atoms with Crippen molar-refractivity contribution in [2.24, 2.45) is 22.7 Å². The number of aromatic hydroxyl groups is 1. The van der Waals surface area contributed by atoms with Crippen LogP contribution in [0.3, 0.4) is 0 Å². The number of fused-ring (bicyclic) bond motifs is 6. The Morgan fingerprint density at radius 2 is 1.85 bits per heavy atom. The van der Waals surface area contributed by atoms with Crippen molar-refractivity contribution in [3.8, 4) is 11.5 Å². The molecule has 4 aliphatic rings. The predicted octanol–water partition coefficient (Wildman–Crippen LogP) is 3.94.